The van der Waals surface area contributed by atoms with Crippen molar-refractivity contribution in [3.8, 4) is 0 Å². The lowest BCUT2D eigenvalue weighted by Gasteiger charge is -2.15. The Morgan fingerprint density at radius 3 is 2.30 bits per heavy atom. The first-order chi connectivity index (χ1) is 17.5. The highest BCUT2D eigenvalue weighted by atomic mass is 35.5. The monoisotopic (exact) mass is 565 g/mol. The molecule has 0 radical (unpaired) electrons. The molecule has 0 bridgehead atoms. The van der Waals surface area contributed by atoms with E-state index < -0.39 is 17.9 Å². The van der Waals surface area contributed by atoms with E-state index in [-0.39, 0.29) is 35.6 Å². The van der Waals surface area contributed by atoms with Crippen LogP contribution in [0.2, 0.25) is 10.0 Å². The number of nitrogens with one attached hydrogen (secondary N) is 2. The van der Waals surface area contributed by atoms with Crippen LogP contribution in [0.4, 0.5) is 11.4 Å². The number of hydrogen-bond acceptors (Lipinski definition) is 5. The van der Waals surface area contributed by atoms with Crippen LogP contribution in [0, 0.1) is 0 Å². The van der Waals surface area contributed by atoms with Gasteiger partial charge in [0, 0.05) is 38.9 Å². The highest BCUT2D eigenvalue weighted by molar-refractivity contribution is 8.13. The van der Waals surface area contributed by atoms with E-state index in [1.807, 2.05) is 24.3 Å². The maximum atomic E-state index is 12.7. The zero-order valence-electron chi connectivity index (χ0n) is 20.6. The molecule has 198 valence electrons. The first-order valence-corrected chi connectivity index (χ1v) is 12.8. The third-order valence-electron chi connectivity index (χ3n) is 4.83. The Hall–Kier alpha value is -3.28. The molecule has 2 amide bonds. The summed E-state index contributed by atoms with van der Waals surface area (Å²) in [5, 5.41) is 6.51. The quantitative estimate of drug-likeness (QED) is 0.267. The van der Waals surface area contributed by atoms with Crippen molar-refractivity contribution in [3.63, 3.8) is 0 Å². The van der Waals surface area contributed by atoms with Crippen molar-refractivity contribution in [1.82, 2.24) is 10.2 Å². The van der Waals surface area contributed by atoms with Gasteiger partial charge >= 0.3 is 0 Å². The number of carbonyl (C=O) groups excluding carboxylic acids is 3. The normalized spacial score (nSPS) is 12.6. The molecule has 2 aromatic rings. The SMILES string of the molecule is CC(=O)NC(CCSC(=O)Cc1ccccc1Nc1c(Cl)cccc1Cl)C(=O)N=C(N)N=C(N)N(C)C. The van der Waals surface area contributed by atoms with Crippen LogP contribution >= 0.6 is 35.0 Å². The smallest absolute Gasteiger partial charge is 0.271 e. The minimum atomic E-state index is -0.969. The van der Waals surface area contributed by atoms with Gasteiger partial charge in [-0.25, -0.2) is 0 Å². The van der Waals surface area contributed by atoms with Crippen LogP contribution in [0.25, 0.3) is 0 Å². The summed E-state index contributed by atoms with van der Waals surface area (Å²) in [6, 6.07) is 11.5. The average Bonchev–Trinajstić information content (AvgIpc) is 2.81. The van der Waals surface area contributed by atoms with Crippen molar-refractivity contribution in [1.29, 1.82) is 0 Å². The number of halogens is 2. The van der Waals surface area contributed by atoms with Gasteiger partial charge in [-0.1, -0.05) is 59.2 Å². The van der Waals surface area contributed by atoms with Gasteiger partial charge in [0.15, 0.2) is 11.1 Å². The molecule has 0 aliphatic heterocycles. The lowest BCUT2D eigenvalue weighted by molar-refractivity contribution is -0.126. The number of nitrogens with zero attached hydrogens (tertiary/aromatic N) is 3. The van der Waals surface area contributed by atoms with Crippen LogP contribution in [0.15, 0.2) is 52.4 Å². The number of benzene rings is 2. The number of thioether (sulfide) groups is 1. The minimum absolute atomic E-state index is 0.0675. The molecule has 1 unspecified atom stereocenters. The summed E-state index contributed by atoms with van der Waals surface area (Å²) in [4.78, 5) is 45.9. The van der Waals surface area contributed by atoms with Gasteiger partial charge in [0.25, 0.3) is 5.91 Å². The van der Waals surface area contributed by atoms with Crippen LogP contribution in [-0.4, -0.2) is 59.6 Å². The third kappa shape index (κ3) is 9.95. The lowest BCUT2D eigenvalue weighted by atomic mass is 10.1. The highest BCUT2D eigenvalue weighted by Gasteiger charge is 2.20. The first kappa shape index (κ1) is 29.9. The number of anilines is 2. The first-order valence-electron chi connectivity index (χ1n) is 11.1. The van der Waals surface area contributed by atoms with E-state index >= 15 is 0 Å². The van der Waals surface area contributed by atoms with Crippen LogP contribution < -0.4 is 22.1 Å². The fourth-order valence-electron chi connectivity index (χ4n) is 2.98. The Morgan fingerprint density at radius 1 is 1.03 bits per heavy atom. The van der Waals surface area contributed by atoms with Gasteiger partial charge < -0.3 is 27.0 Å². The van der Waals surface area contributed by atoms with E-state index in [2.05, 4.69) is 20.6 Å². The maximum absolute atomic E-state index is 12.7. The van der Waals surface area contributed by atoms with Gasteiger partial charge in [-0.3, -0.25) is 14.4 Å². The van der Waals surface area contributed by atoms with E-state index in [1.54, 1.807) is 32.3 Å². The lowest BCUT2D eigenvalue weighted by Crippen LogP contribution is -2.40. The summed E-state index contributed by atoms with van der Waals surface area (Å²) in [6.45, 7) is 1.28. The van der Waals surface area contributed by atoms with Crippen molar-refractivity contribution in [3.05, 3.63) is 58.1 Å². The Labute approximate surface area is 229 Å². The number of rotatable bonds is 9. The number of aliphatic imine (C=N–C) groups is 2. The molecule has 1 atom stereocenters. The van der Waals surface area contributed by atoms with Crippen molar-refractivity contribution >= 4 is 75.2 Å². The molecule has 13 heteroatoms. The molecule has 0 saturated carbocycles. The summed E-state index contributed by atoms with van der Waals surface area (Å²) in [7, 11) is 3.31. The molecule has 0 spiro atoms. The minimum Gasteiger partial charge on any atom is -0.369 e. The zero-order valence-corrected chi connectivity index (χ0v) is 23.0. The van der Waals surface area contributed by atoms with Crippen molar-refractivity contribution in [2.75, 3.05) is 25.2 Å². The number of carbonyl (C=O) groups is 3. The van der Waals surface area contributed by atoms with Crippen molar-refractivity contribution in [2.24, 2.45) is 21.5 Å². The fourth-order valence-corrected chi connectivity index (χ4v) is 4.31. The van der Waals surface area contributed by atoms with E-state index in [0.717, 1.165) is 17.3 Å². The number of guanidine groups is 2. The van der Waals surface area contributed by atoms with Crippen molar-refractivity contribution in [2.45, 2.75) is 25.8 Å². The van der Waals surface area contributed by atoms with Gasteiger partial charge in [-0.2, -0.15) is 9.98 Å². The molecule has 0 saturated heterocycles. The topological polar surface area (TPSA) is 155 Å². The summed E-state index contributed by atoms with van der Waals surface area (Å²) in [5.41, 5.74) is 13.3. The second kappa shape index (κ2) is 14.5. The molecular formula is C24H29Cl2N7O3S. The summed E-state index contributed by atoms with van der Waals surface area (Å²) < 4.78 is 0. The fraction of sp³-hybridized carbons (Fsp3) is 0.292. The van der Waals surface area contributed by atoms with Gasteiger partial charge in [-0.05, 0) is 30.2 Å². The molecule has 37 heavy (non-hydrogen) atoms. The van der Waals surface area contributed by atoms with E-state index in [0.29, 0.717) is 21.4 Å². The Morgan fingerprint density at radius 2 is 1.68 bits per heavy atom. The second-order valence-corrected chi connectivity index (χ2v) is 9.96. The molecule has 0 aromatic heterocycles. The summed E-state index contributed by atoms with van der Waals surface area (Å²) in [5.74, 6) is -1.11. The van der Waals surface area contributed by atoms with E-state index in [4.69, 9.17) is 34.7 Å². The molecule has 0 fully saturated rings. The molecule has 10 nitrogen and oxygen atoms in total. The van der Waals surface area contributed by atoms with E-state index in [1.165, 1.54) is 11.8 Å². The van der Waals surface area contributed by atoms with Gasteiger partial charge in [0.2, 0.25) is 11.9 Å². The van der Waals surface area contributed by atoms with E-state index in [9.17, 15) is 14.4 Å². The molecule has 6 N–H and O–H groups in total. The molecular weight excluding hydrogens is 537 g/mol. The van der Waals surface area contributed by atoms with Crippen LogP contribution in [0.1, 0.15) is 18.9 Å². The molecule has 2 rings (SSSR count). The van der Waals surface area contributed by atoms with Crippen LogP contribution in [0.3, 0.4) is 0 Å². The maximum Gasteiger partial charge on any atom is 0.271 e. The number of hydrogen-bond donors (Lipinski definition) is 4. The predicted molar refractivity (Wildman–Crippen MR) is 152 cm³/mol. The summed E-state index contributed by atoms with van der Waals surface area (Å²) in [6.07, 6.45) is 0.284. The average molecular weight is 567 g/mol. The Bertz CT molecular complexity index is 1180. The largest absolute Gasteiger partial charge is 0.369 e. The predicted octanol–water partition coefficient (Wildman–Crippen LogP) is 3.15. The molecule has 0 aliphatic carbocycles. The second-order valence-electron chi connectivity index (χ2n) is 7.99. The highest BCUT2D eigenvalue weighted by Crippen LogP contribution is 2.33. The van der Waals surface area contributed by atoms with Gasteiger partial charge in [0.05, 0.1) is 15.7 Å². The molecule has 0 heterocycles. The van der Waals surface area contributed by atoms with Crippen molar-refractivity contribution < 1.29 is 14.4 Å². The van der Waals surface area contributed by atoms with Crippen LogP contribution in [0.5, 0.6) is 0 Å². The van der Waals surface area contributed by atoms with Gasteiger partial charge in [0.1, 0.15) is 6.04 Å². The standard InChI is InChI=1S/C24H29Cl2N7O3S/c1-14(34)29-19(22(36)31-23(27)32-24(28)33(2)3)11-12-37-20(35)13-15-7-4-5-10-18(15)30-21-16(25)8-6-9-17(21)26/h4-10,19,30H,11-13H2,1-3H3,(H,29,34)(H4,27,28,31,32,36). The third-order valence-corrected chi connectivity index (χ3v) is 6.37. The Balaban J connectivity index is 2.02. The summed E-state index contributed by atoms with van der Waals surface area (Å²) >= 11 is 13.6. The zero-order chi connectivity index (χ0) is 27.5. The number of nitrogens with two attached hydrogens (primary N) is 2. The number of para-hydroxylation sites is 2. The Kier molecular flexibility index (Phi) is 11.7. The van der Waals surface area contributed by atoms with Crippen LogP contribution in [-0.2, 0) is 20.8 Å². The number of amides is 2. The molecule has 2 aromatic carbocycles. The molecule has 0 aliphatic rings. The van der Waals surface area contributed by atoms with Gasteiger partial charge in [-0.15, -0.1) is 0 Å².